The smallest absolute Gasteiger partial charge is 0.306 e. The molecule has 0 aromatic rings. The Morgan fingerprint density at radius 2 is 0.639 bits per heavy atom. The van der Waals surface area contributed by atoms with Gasteiger partial charge in [-0.25, -0.2) is 0 Å². The number of hydrogen-bond acceptors (Lipinski definition) is 6. The minimum Gasteiger partial charge on any atom is -0.462 e. The highest BCUT2D eigenvalue weighted by molar-refractivity contribution is 5.71. The molecule has 0 radical (unpaired) electrons. The van der Waals surface area contributed by atoms with Crippen molar-refractivity contribution in [3.63, 3.8) is 0 Å². The Hall–Kier alpha value is -2.63. The van der Waals surface area contributed by atoms with Gasteiger partial charge in [-0.1, -0.05) is 236 Å². The van der Waals surface area contributed by atoms with Crippen LogP contribution in [0.4, 0.5) is 0 Å². The second kappa shape index (κ2) is 50.0. The van der Waals surface area contributed by atoms with Crippen molar-refractivity contribution >= 4 is 17.9 Å². The fourth-order valence-electron chi connectivity index (χ4n) is 7.43. The lowest BCUT2D eigenvalue weighted by molar-refractivity contribution is -0.167. The SMILES string of the molecule is CC/C=C\C/C=C\C/C=C\C/C=C\CCCCCCC(=O)OC(COC(=O)CCCCCCC)COC(=O)CCCCCCCCCCCCCCCCCCCCCCC. The lowest BCUT2D eigenvalue weighted by atomic mass is 10.0. The third kappa shape index (κ3) is 48.3. The van der Waals surface area contributed by atoms with Gasteiger partial charge in [0.15, 0.2) is 6.10 Å². The van der Waals surface area contributed by atoms with E-state index in [1.54, 1.807) is 0 Å². The van der Waals surface area contributed by atoms with Gasteiger partial charge in [0, 0.05) is 19.3 Å². The molecule has 1 unspecified atom stereocenters. The second-order valence-electron chi connectivity index (χ2n) is 17.4. The van der Waals surface area contributed by atoms with Gasteiger partial charge in [-0.2, -0.15) is 0 Å². The summed E-state index contributed by atoms with van der Waals surface area (Å²) in [5.74, 6) is -0.911. The fraction of sp³-hybridized carbons (Fsp3) is 0.800. The predicted molar refractivity (Wildman–Crippen MR) is 261 cm³/mol. The minimum absolute atomic E-state index is 0.0809. The molecular formula is C55H98O6. The van der Waals surface area contributed by atoms with E-state index in [-0.39, 0.29) is 31.1 Å². The molecule has 354 valence electrons. The number of unbranched alkanes of at least 4 members (excludes halogenated alkanes) is 28. The van der Waals surface area contributed by atoms with Crippen LogP contribution in [0.5, 0.6) is 0 Å². The lowest BCUT2D eigenvalue weighted by Crippen LogP contribution is -2.30. The van der Waals surface area contributed by atoms with Gasteiger partial charge < -0.3 is 14.2 Å². The summed E-state index contributed by atoms with van der Waals surface area (Å²) in [5, 5.41) is 0. The molecule has 0 aliphatic carbocycles. The van der Waals surface area contributed by atoms with Crippen LogP contribution in [0.1, 0.15) is 265 Å². The lowest BCUT2D eigenvalue weighted by Gasteiger charge is -2.18. The summed E-state index contributed by atoms with van der Waals surface area (Å²) in [6.45, 7) is 6.44. The summed E-state index contributed by atoms with van der Waals surface area (Å²) < 4.78 is 16.7. The van der Waals surface area contributed by atoms with E-state index in [9.17, 15) is 14.4 Å². The first-order chi connectivity index (χ1) is 30.0. The number of carbonyl (C=O) groups excluding carboxylic acids is 3. The molecule has 0 rings (SSSR count). The topological polar surface area (TPSA) is 78.9 Å². The number of esters is 3. The molecule has 0 N–H and O–H groups in total. The number of ether oxygens (including phenoxy) is 3. The monoisotopic (exact) mass is 855 g/mol. The molecule has 0 heterocycles. The van der Waals surface area contributed by atoms with Gasteiger partial charge in [-0.15, -0.1) is 0 Å². The third-order valence-corrected chi connectivity index (χ3v) is 11.3. The van der Waals surface area contributed by atoms with Crippen LogP contribution < -0.4 is 0 Å². The Bertz CT molecular complexity index is 1070. The van der Waals surface area contributed by atoms with E-state index in [1.165, 1.54) is 122 Å². The van der Waals surface area contributed by atoms with Gasteiger partial charge in [0.2, 0.25) is 0 Å². The van der Waals surface area contributed by atoms with Crippen LogP contribution in [-0.4, -0.2) is 37.2 Å². The van der Waals surface area contributed by atoms with Crippen LogP contribution in [0.2, 0.25) is 0 Å². The molecule has 6 heteroatoms. The molecule has 0 bridgehead atoms. The zero-order valence-corrected chi connectivity index (χ0v) is 40.4. The predicted octanol–water partition coefficient (Wildman–Crippen LogP) is 17.1. The van der Waals surface area contributed by atoms with Crippen molar-refractivity contribution in [2.75, 3.05) is 13.2 Å². The van der Waals surface area contributed by atoms with Crippen molar-refractivity contribution in [3.8, 4) is 0 Å². The molecule has 0 aromatic carbocycles. The largest absolute Gasteiger partial charge is 0.462 e. The van der Waals surface area contributed by atoms with Crippen LogP contribution >= 0.6 is 0 Å². The normalized spacial score (nSPS) is 12.4. The Morgan fingerprint density at radius 3 is 1.00 bits per heavy atom. The highest BCUT2D eigenvalue weighted by Gasteiger charge is 2.19. The Balaban J connectivity index is 4.14. The first kappa shape index (κ1) is 58.4. The molecule has 1 atom stereocenters. The number of carbonyl (C=O) groups is 3. The van der Waals surface area contributed by atoms with Crippen LogP contribution in [-0.2, 0) is 28.6 Å². The van der Waals surface area contributed by atoms with E-state index < -0.39 is 6.10 Å². The zero-order valence-electron chi connectivity index (χ0n) is 40.4. The summed E-state index contributed by atoms with van der Waals surface area (Å²) >= 11 is 0. The van der Waals surface area contributed by atoms with Gasteiger partial charge in [0.05, 0.1) is 0 Å². The maximum atomic E-state index is 12.7. The highest BCUT2D eigenvalue weighted by atomic mass is 16.6. The summed E-state index contributed by atoms with van der Waals surface area (Å²) in [4.78, 5) is 37.7. The van der Waals surface area contributed by atoms with Crippen molar-refractivity contribution in [2.45, 2.75) is 271 Å². The van der Waals surface area contributed by atoms with Crippen LogP contribution in [0, 0.1) is 0 Å². The Labute approximate surface area is 378 Å². The van der Waals surface area contributed by atoms with Crippen molar-refractivity contribution in [1.29, 1.82) is 0 Å². The highest BCUT2D eigenvalue weighted by Crippen LogP contribution is 2.16. The van der Waals surface area contributed by atoms with Gasteiger partial charge in [0.25, 0.3) is 0 Å². The van der Waals surface area contributed by atoms with E-state index in [1.807, 2.05) is 0 Å². The molecule has 0 aromatic heterocycles. The van der Waals surface area contributed by atoms with Crippen molar-refractivity contribution in [2.24, 2.45) is 0 Å². The molecule has 0 amide bonds. The molecule has 0 saturated carbocycles. The maximum absolute atomic E-state index is 12.7. The van der Waals surface area contributed by atoms with E-state index >= 15 is 0 Å². The fourth-order valence-corrected chi connectivity index (χ4v) is 7.43. The van der Waals surface area contributed by atoms with E-state index in [0.717, 1.165) is 103 Å². The van der Waals surface area contributed by atoms with Crippen LogP contribution in [0.15, 0.2) is 48.6 Å². The molecular weight excluding hydrogens is 757 g/mol. The first-order valence-electron chi connectivity index (χ1n) is 26.1. The Morgan fingerprint density at radius 1 is 0.344 bits per heavy atom. The average Bonchev–Trinajstić information content (AvgIpc) is 3.26. The molecule has 0 fully saturated rings. The molecule has 0 aliphatic rings. The van der Waals surface area contributed by atoms with Gasteiger partial charge in [-0.05, 0) is 57.8 Å². The molecule has 61 heavy (non-hydrogen) atoms. The minimum atomic E-state index is -0.779. The van der Waals surface area contributed by atoms with Gasteiger partial charge in [-0.3, -0.25) is 14.4 Å². The van der Waals surface area contributed by atoms with E-state index in [4.69, 9.17) is 14.2 Å². The quantitative estimate of drug-likeness (QED) is 0.0263. The third-order valence-electron chi connectivity index (χ3n) is 11.3. The zero-order chi connectivity index (χ0) is 44.4. The van der Waals surface area contributed by atoms with Crippen LogP contribution in [0.3, 0.4) is 0 Å². The summed E-state index contributed by atoms with van der Waals surface area (Å²) in [5.41, 5.74) is 0. The molecule has 0 saturated heterocycles. The average molecular weight is 855 g/mol. The summed E-state index contributed by atoms with van der Waals surface area (Å²) in [7, 11) is 0. The summed E-state index contributed by atoms with van der Waals surface area (Å²) in [6.07, 6.45) is 60.0. The molecule has 0 spiro atoms. The number of hydrogen-bond donors (Lipinski definition) is 0. The van der Waals surface area contributed by atoms with Crippen LogP contribution in [0.25, 0.3) is 0 Å². The maximum Gasteiger partial charge on any atom is 0.306 e. The standard InChI is InChI=1S/C55H98O6/c1-4-7-10-13-15-17-19-21-23-25-26-27-28-30-31-33-35-37-39-42-45-48-54(57)60-51-52(50-59-53(56)47-44-41-12-9-6-3)61-55(58)49-46-43-40-38-36-34-32-29-24-22-20-18-16-14-11-8-5-2/h8,11,16,18,22,24,32,34,52H,4-7,9-10,12-15,17,19-21,23,25-31,33,35-51H2,1-3H3/b11-8-,18-16-,24-22-,34-32-. The van der Waals surface area contributed by atoms with Crippen molar-refractivity contribution in [1.82, 2.24) is 0 Å². The molecule has 6 nitrogen and oxygen atoms in total. The van der Waals surface area contributed by atoms with Gasteiger partial charge in [0.1, 0.15) is 13.2 Å². The number of allylic oxidation sites excluding steroid dienone is 8. The van der Waals surface area contributed by atoms with Gasteiger partial charge >= 0.3 is 17.9 Å². The molecule has 0 aliphatic heterocycles. The van der Waals surface area contributed by atoms with E-state index in [2.05, 4.69) is 69.4 Å². The number of rotatable bonds is 47. The van der Waals surface area contributed by atoms with Crippen molar-refractivity contribution in [3.05, 3.63) is 48.6 Å². The summed E-state index contributed by atoms with van der Waals surface area (Å²) in [6, 6.07) is 0. The van der Waals surface area contributed by atoms with E-state index in [0.29, 0.717) is 19.3 Å². The Kier molecular flexibility index (Phi) is 47.9. The first-order valence-corrected chi connectivity index (χ1v) is 26.1. The van der Waals surface area contributed by atoms with Crippen molar-refractivity contribution < 1.29 is 28.6 Å². The second-order valence-corrected chi connectivity index (χ2v) is 17.4.